The molecule has 102 valence electrons. The predicted octanol–water partition coefficient (Wildman–Crippen LogP) is 2.39. The molecule has 0 fully saturated rings. The van der Waals surface area contributed by atoms with Gasteiger partial charge in [0.05, 0.1) is 26.4 Å². The molecule has 4 nitrogen and oxygen atoms in total. The summed E-state index contributed by atoms with van der Waals surface area (Å²) in [5.41, 5.74) is 1.13. The fourth-order valence-electron chi connectivity index (χ4n) is 2.15. The number of hydrogen-bond donors (Lipinski definition) is 1. The van der Waals surface area contributed by atoms with E-state index >= 15 is 0 Å². The lowest BCUT2D eigenvalue weighted by molar-refractivity contribution is 0.0675. The van der Waals surface area contributed by atoms with Crippen molar-refractivity contribution >= 4 is 0 Å². The monoisotopic (exact) mass is 253 g/mol. The lowest BCUT2D eigenvalue weighted by atomic mass is 9.99. The molecular weight excluding hydrogens is 230 g/mol. The summed E-state index contributed by atoms with van der Waals surface area (Å²) in [4.78, 5) is 0. The van der Waals surface area contributed by atoms with E-state index in [0.29, 0.717) is 0 Å². The van der Waals surface area contributed by atoms with Crippen LogP contribution in [0, 0.1) is 0 Å². The van der Waals surface area contributed by atoms with Crippen LogP contribution in [0.25, 0.3) is 0 Å². The van der Waals surface area contributed by atoms with Gasteiger partial charge in [0.2, 0.25) is 0 Å². The molecule has 0 spiro atoms. The lowest BCUT2D eigenvalue weighted by Gasteiger charge is -2.25. The topological polar surface area (TPSA) is 39.7 Å². The highest BCUT2D eigenvalue weighted by molar-refractivity contribution is 5.44. The molecule has 2 atom stereocenters. The van der Waals surface area contributed by atoms with Crippen molar-refractivity contribution in [3.63, 3.8) is 0 Å². The minimum absolute atomic E-state index is 0.133. The third-order valence-corrected chi connectivity index (χ3v) is 3.15. The van der Waals surface area contributed by atoms with Gasteiger partial charge in [0.1, 0.15) is 0 Å². The molecule has 0 saturated heterocycles. The largest absolute Gasteiger partial charge is 0.493 e. The van der Waals surface area contributed by atoms with Crippen molar-refractivity contribution in [1.82, 2.24) is 5.32 Å². The number of benzene rings is 1. The lowest BCUT2D eigenvalue weighted by Crippen LogP contribution is -2.30. The zero-order valence-corrected chi connectivity index (χ0v) is 11.8. The maximum atomic E-state index is 5.50. The Morgan fingerprint density at radius 3 is 2.22 bits per heavy atom. The van der Waals surface area contributed by atoms with Crippen LogP contribution >= 0.6 is 0 Å². The van der Waals surface area contributed by atoms with E-state index in [1.165, 1.54) is 0 Å². The smallest absolute Gasteiger partial charge is 0.161 e. The number of methoxy groups -OCH3 is 3. The second kappa shape index (κ2) is 7.24. The first-order valence-corrected chi connectivity index (χ1v) is 6.13. The summed E-state index contributed by atoms with van der Waals surface area (Å²) in [6.07, 6.45) is 1.07. The fourth-order valence-corrected chi connectivity index (χ4v) is 2.15. The molecule has 4 heteroatoms. The Hall–Kier alpha value is -1.26. The second-order valence-electron chi connectivity index (χ2n) is 4.06. The molecule has 1 rings (SSSR count). The molecule has 0 heterocycles. The summed E-state index contributed by atoms with van der Waals surface area (Å²) in [5, 5.41) is 3.29. The third-order valence-electron chi connectivity index (χ3n) is 3.15. The van der Waals surface area contributed by atoms with Crippen LogP contribution in [-0.2, 0) is 4.74 Å². The van der Waals surface area contributed by atoms with Crippen LogP contribution in [0.4, 0.5) is 0 Å². The molecule has 1 aromatic rings. The first-order chi connectivity index (χ1) is 8.71. The van der Waals surface area contributed by atoms with E-state index in [-0.39, 0.29) is 12.1 Å². The van der Waals surface area contributed by atoms with E-state index in [2.05, 4.69) is 12.2 Å². The van der Waals surface area contributed by atoms with Gasteiger partial charge in [0, 0.05) is 7.11 Å². The zero-order valence-electron chi connectivity index (χ0n) is 11.8. The predicted molar refractivity (Wildman–Crippen MR) is 72.4 cm³/mol. The summed E-state index contributed by atoms with van der Waals surface area (Å²) in [7, 11) is 6.95. The number of nitrogens with one attached hydrogen (secondary N) is 1. The summed E-state index contributed by atoms with van der Waals surface area (Å²) in [6.45, 7) is 2.11. The minimum Gasteiger partial charge on any atom is -0.493 e. The number of hydrogen-bond acceptors (Lipinski definition) is 4. The molecule has 0 aromatic heterocycles. The van der Waals surface area contributed by atoms with Crippen LogP contribution in [0.3, 0.4) is 0 Å². The normalized spacial score (nSPS) is 14.1. The molecule has 0 amide bonds. The minimum atomic E-state index is 0.133. The maximum absolute atomic E-state index is 5.50. The van der Waals surface area contributed by atoms with Gasteiger partial charge in [-0.15, -0.1) is 0 Å². The van der Waals surface area contributed by atoms with Crippen molar-refractivity contribution < 1.29 is 14.2 Å². The van der Waals surface area contributed by atoms with Crippen LogP contribution < -0.4 is 14.8 Å². The van der Waals surface area contributed by atoms with Crippen LogP contribution in [0.15, 0.2) is 18.2 Å². The van der Waals surface area contributed by atoms with Gasteiger partial charge < -0.3 is 19.5 Å². The van der Waals surface area contributed by atoms with Gasteiger partial charge in [-0.1, -0.05) is 13.0 Å². The molecule has 0 bridgehead atoms. The van der Waals surface area contributed by atoms with Gasteiger partial charge in [0.25, 0.3) is 0 Å². The van der Waals surface area contributed by atoms with Gasteiger partial charge >= 0.3 is 0 Å². The molecule has 0 aliphatic rings. The molecule has 0 aliphatic heterocycles. The van der Waals surface area contributed by atoms with Crippen molar-refractivity contribution in [2.24, 2.45) is 0 Å². The highest BCUT2D eigenvalue weighted by Gasteiger charge is 2.21. The number of ether oxygens (including phenoxy) is 3. The van der Waals surface area contributed by atoms with E-state index in [0.717, 1.165) is 23.5 Å². The van der Waals surface area contributed by atoms with Crippen molar-refractivity contribution in [1.29, 1.82) is 0 Å². The maximum Gasteiger partial charge on any atom is 0.161 e. The number of likely N-dealkylation sites (N-methyl/N-ethyl adjacent to an activating group) is 1. The van der Waals surface area contributed by atoms with Crippen molar-refractivity contribution in [3.8, 4) is 11.5 Å². The van der Waals surface area contributed by atoms with E-state index in [1.54, 1.807) is 21.3 Å². The summed E-state index contributed by atoms with van der Waals surface area (Å²) in [6, 6.07) is 6.08. The summed E-state index contributed by atoms with van der Waals surface area (Å²) in [5.74, 6) is 1.47. The van der Waals surface area contributed by atoms with Gasteiger partial charge in [-0.05, 0) is 31.2 Å². The third kappa shape index (κ3) is 3.15. The SMILES string of the molecule is CCC(OC)C(NC)c1ccc(OC)c(OC)c1. The number of rotatable bonds is 7. The van der Waals surface area contributed by atoms with E-state index in [1.807, 2.05) is 25.2 Å². The van der Waals surface area contributed by atoms with Crippen LogP contribution in [0.2, 0.25) is 0 Å². The van der Waals surface area contributed by atoms with Crippen molar-refractivity contribution in [2.45, 2.75) is 25.5 Å². The van der Waals surface area contributed by atoms with Crippen LogP contribution in [0.1, 0.15) is 24.9 Å². The summed E-state index contributed by atoms with van der Waals surface area (Å²) < 4.78 is 16.1. The second-order valence-corrected chi connectivity index (χ2v) is 4.06. The van der Waals surface area contributed by atoms with E-state index in [4.69, 9.17) is 14.2 Å². The Balaban J connectivity index is 3.06. The Kier molecular flexibility index (Phi) is 5.95. The van der Waals surface area contributed by atoms with Crippen LogP contribution in [-0.4, -0.2) is 34.5 Å². The van der Waals surface area contributed by atoms with Crippen molar-refractivity contribution in [3.05, 3.63) is 23.8 Å². The molecule has 1 N–H and O–H groups in total. The van der Waals surface area contributed by atoms with E-state index in [9.17, 15) is 0 Å². The fraction of sp³-hybridized carbons (Fsp3) is 0.571. The molecular formula is C14H23NO3. The Labute approximate surface area is 109 Å². The average molecular weight is 253 g/mol. The van der Waals surface area contributed by atoms with Gasteiger partial charge in [-0.3, -0.25) is 0 Å². The quantitative estimate of drug-likeness (QED) is 0.810. The molecule has 18 heavy (non-hydrogen) atoms. The first kappa shape index (κ1) is 14.8. The van der Waals surface area contributed by atoms with E-state index < -0.39 is 0 Å². The highest BCUT2D eigenvalue weighted by Crippen LogP contribution is 2.31. The van der Waals surface area contributed by atoms with Gasteiger partial charge in [0.15, 0.2) is 11.5 Å². The average Bonchev–Trinajstić information content (AvgIpc) is 2.43. The van der Waals surface area contributed by atoms with Gasteiger partial charge in [-0.25, -0.2) is 0 Å². The molecule has 1 aromatic carbocycles. The Bertz CT molecular complexity index is 364. The highest BCUT2D eigenvalue weighted by atomic mass is 16.5. The Morgan fingerprint density at radius 2 is 1.78 bits per heavy atom. The Morgan fingerprint density at radius 1 is 1.11 bits per heavy atom. The molecule has 2 unspecified atom stereocenters. The van der Waals surface area contributed by atoms with Gasteiger partial charge in [-0.2, -0.15) is 0 Å². The molecule has 0 radical (unpaired) electrons. The summed E-state index contributed by atoms with van der Waals surface area (Å²) >= 11 is 0. The molecule has 0 saturated carbocycles. The molecule has 0 aliphatic carbocycles. The van der Waals surface area contributed by atoms with Crippen LogP contribution in [0.5, 0.6) is 11.5 Å². The van der Waals surface area contributed by atoms with Crippen molar-refractivity contribution in [2.75, 3.05) is 28.4 Å². The first-order valence-electron chi connectivity index (χ1n) is 6.13. The zero-order chi connectivity index (χ0) is 13.5. The standard InChI is InChI=1S/C14H23NO3/c1-6-11(16-3)14(15-2)10-7-8-12(17-4)13(9-10)18-5/h7-9,11,14-15H,6H2,1-5H3.